The lowest BCUT2D eigenvalue weighted by molar-refractivity contribution is -0.117. The summed E-state index contributed by atoms with van der Waals surface area (Å²) in [5.41, 5.74) is 1.17. The molecule has 0 aromatic heterocycles. The lowest BCUT2D eigenvalue weighted by atomic mass is 10.2. The number of hydrogen-bond acceptors (Lipinski definition) is 2. The molecule has 118 valence electrons. The summed E-state index contributed by atoms with van der Waals surface area (Å²) in [6.45, 7) is 0.379. The molecule has 3 rings (SSSR count). The number of nitrogens with zero attached hydrogens (tertiary/aromatic N) is 1. The van der Waals surface area contributed by atoms with Gasteiger partial charge in [0, 0.05) is 28.7 Å². The van der Waals surface area contributed by atoms with Crippen molar-refractivity contribution in [2.75, 3.05) is 11.4 Å². The first kappa shape index (κ1) is 15.7. The molecule has 6 heteroatoms. The molecule has 1 aliphatic heterocycles. The maximum atomic E-state index is 13.0. The molecule has 0 aliphatic carbocycles. The Balaban J connectivity index is 1.68. The van der Waals surface area contributed by atoms with Crippen molar-refractivity contribution in [3.8, 4) is 0 Å². The first-order valence-corrected chi connectivity index (χ1v) is 7.94. The molecule has 1 saturated heterocycles. The van der Waals surface area contributed by atoms with Gasteiger partial charge in [0.2, 0.25) is 5.91 Å². The molecule has 23 heavy (non-hydrogen) atoms. The number of benzene rings is 2. The highest BCUT2D eigenvalue weighted by atomic mass is 79.9. The van der Waals surface area contributed by atoms with E-state index in [-0.39, 0.29) is 30.1 Å². The molecular formula is C17H14BrFN2O2. The summed E-state index contributed by atoms with van der Waals surface area (Å²) < 4.78 is 13.8. The van der Waals surface area contributed by atoms with E-state index in [1.54, 1.807) is 35.2 Å². The van der Waals surface area contributed by atoms with E-state index in [1.165, 1.54) is 12.1 Å². The summed E-state index contributed by atoms with van der Waals surface area (Å²) in [5.74, 6) is -0.652. The zero-order valence-electron chi connectivity index (χ0n) is 12.1. The van der Waals surface area contributed by atoms with Crippen molar-refractivity contribution in [2.24, 2.45) is 0 Å². The Morgan fingerprint density at radius 3 is 2.65 bits per heavy atom. The van der Waals surface area contributed by atoms with Gasteiger partial charge in [-0.15, -0.1) is 0 Å². The Morgan fingerprint density at radius 2 is 1.96 bits per heavy atom. The number of carbonyl (C=O) groups excluding carboxylic acids is 2. The van der Waals surface area contributed by atoms with Crippen LogP contribution in [0.15, 0.2) is 53.0 Å². The molecule has 1 aliphatic rings. The van der Waals surface area contributed by atoms with E-state index < -0.39 is 0 Å². The first-order chi connectivity index (χ1) is 11.0. The van der Waals surface area contributed by atoms with Gasteiger partial charge < -0.3 is 10.2 Å². The van der Waals surface area contributed by atoms with Gasteiger partial charge in [-0.1, -0.05) is 22.0 Å². The van der Waals surface area contributed by atoms with E-state index in [0.29, 0.717) is 17.8 Å². The van der Waals surface area contributed by atoms with Gasteiger partial charge in [-0.25, -0.2) is 4.39 Å². The summed E-state index contributed by atoms with van der Waals surface area (Å²) in [6.07, 6.45) is 0.233. The van der Waals surface area contributed by atoms with Gasteiger partial charge in [-0.2, -0.15) is 0 Å². The fraction of sp³-hybridized carbons (Fsp3) is 0.176. The molecule has 1 heterocycles. The van der Waals surface area contributed by atoms with Crippen LogP contribution in [0.3, 0.4) is 0 Å². The predicted octanol–water partition coefficient (Wildman–Crippen LogP) is 3.12. The molecule has 0 saturated carbocycles. The summed E-state index contributed by atoms with van der Waals surface area (Å²) in [4.78, 5) is 25.9. The minimum atomic E-state index is -0.347. The van der Waals surface area contributed by atoms with E-state index in [9.17, 15) is 14.0 Å². The van der Waals surface area contributed by atoms with Gasteiger partial charge >= 0.3 is 0 Å². The summed E-state index contributed by atoms with van der Waals surface area (Å²) in [5, 5.41) is 2.87. The van der Waals surface area contributed by atoms with Gasteiger partial charge in [0.15, 0.2) is 0 Å². The second kappa shape index (κ2) is 6.50. The van der Waals surface area contributed by atoms with Gasteiger partial charge in [-0.05, 0) is 42.5 Å². The monoisotopic (exact) mass is 376 g/mol. The van der Waals surface area contributed by atoms with Crippen LogP contribution < -0.4 is 10.2 Å². The number of nitrogens with one attached hydrogen (secondary N) is 1. The molecule has 1 N–H and O–H groups in total. The smallest absolute Gasteiger partial charge is 0.251 e. The molecule has 0 spiro atoms. The molecule has 0 bridgehead atoms. The Bertz CT molecular complexity index is 749. The average molecular weight is 377 g/mol. The van der Waals surface area contributed by atoms with Crippen LogP contribution in [0.4, 0.5) is 10.1 Å². The van der Waals surface area contributed by atoms with Gasteiger partial charge in [-0.3, -0.25) is 9.59 Å². The van der Waals surface area contributed by atoms with Crippen molar-refractivity contribution in [1.29, 1.82) is 0 Å². The second-order valence-corrected chi connectivity index (χ2v) is 6.28. The Morgan fingerprint density at radius 1 is 1.22 bits per heavy atom. The zero-order valence-corrected chi connectivity index (χ0v) is 13.7. The van der Waals surface area contributed by atoms with Crippen LogP contribution in [-0.2, 0) is 4.79 Å². The number of carbonyl (C=O) groups is 2. The molecular weight excluding hydrogens is 363 g/mol. The molecule has 4 nitrogen and oxygen atoms in total. The van der Waals surface area contributed by atoms with Crippen molar-refractivity contribution in [3.05, 3.63) is 64.4 Å². The number of hydrogen-bond donors (Lipinski definition) is 1. The summed E-state index contributed by atoms with van der Waals surface area (Å²) >= 11 is 3.33. The molecule has 1 atom stereocenters. The molecule has 2 aromatic carbocycles. The Kier molecular flexibility index (Phi) is 4.43. The number of halogens is 2. The zero-order chi connectivity index (χ0) is 16.4. The van der Waals surface area contributed by atoms with Crippen molar-refractivity contribution in [2.45, 2.75) is 12.5 Å². The quantitative estimate of drug-likeness (QED) is 0.894. The second-order valence-electron chi connectivity index (χ2n) is 5.37. The van der Waals surface area contributed by atoms with E-state index in [2.05, 4.69) is 21.2 Å². The van der Waals surface area contributed by atoms with Crippen molar-refractivity contribution < 1.29 is 14.0 Å². The van der Waals surface area contributed by atoms with Crippen LogP contribution in [-0.4, -0.2) is 24.4 Å². The van der Waals surface area contributed by atoms with Crippen LogP contribution in [0.2, 0.25) is 0 Å². The third-order valence-corrected chi connectivity index (χ3v) is 4.18. The summed E-state index contributed by atoms with van der Waals surface area (Å²) in [7, 11) is 0. The summed E-state index contributed by atoms with van der Waals surface area (Å²) in [6, 6.07) is 12.6. The van der Waals surface area contributed by atoms with Crippen LogP contribution >= 0.6 is 15.9 Å². The number of anilines is 1. The van der Waals surface area contributed by atoms with Crippen LogP contribution in [0.1, 0.15) is 16.8 Å². The van der Waals surface area contributed by atoms with E-state index in [1.807, 2.05) is 6.07 Å². The van der Waals surface area contributed by atoms with E-state index >= 15 is 0 Å². The Hall–Kier alpha value is -2.21. The van der Waals surface area contributed by atoms with Crippen molar-refractivity contribution in [3.63, 3.8) is 0 Å². The lowest BCUT2D eigenvalue weighted by Crippen LogP contribution is -2.37. The van der Waals surface area contributed by atoms with Gasteiger partial charge in [0.25, 0.3) is 5.91 Å². The highest BCUT2D eigenvalue weighted by molar-refractivity contribution is 9.10. The maximum Gasteiger partial charge on any atom is 0.251 e. The van der Waals surface area contributed by atoms with Crippen LogP contribution in [0, 0.1) is 5.82 Å². The number of amides is 2. The maximum absolute atomic E-state index is 13.0. The van der Waals surface area contributed by atoms with E-state index in [0.717, 1.165) is 4.47 Å². The molecule has 0 radical (unpaired) electrons. The van der Waals surface area contributed by atoms with Gasteiger partial charge in [0.1, 0.15) is 5.82 Å². The minimum absolute atomic E-state index is 0.0869. The lowest BCUT2D eigenvalue weighted by Gasteiger charge is -2.17. The van der Waals surface area contributed by atoms with Gasteiger partial charge in [0.05, 0.1) is 6.04 Å². The number of rotatable bonds is 3. The molecule has 2 aromatic rings. The molecule has 0 unspecified atom stereocenters. The third kappa shape index (κ3) is 3.59. The fourth-order valence-corrected chi connectivity index (χ4v) is 2.97. The topological polar surface area (TPSA) is 49.4 Å². The molecule has 2 amide bonds. The van der Waals surface area contributed by atoms with Crippen LogP contribution in [0.25, 0.3) is 0 Å². The van der Waals surface area contributed by atoms with Crippen molar-refractivity contribution in [1.82, 2.24) is 5.32 Å². The predicted molar refractivity (Wildman–Crippen MR) is 88.8 cm³/mol. The first-order valence-electron chi connectivity index (χ1n) is 7.15. The largest absolute Gasteiger partial charge is 0.347 e. The minimum Gasteiger partial charge on any atom is -0.347 e. The third-order valence-electron chi connectivity index (χ3n) is 3.69. The normalized spacial score (nSPS) is 17.4. The highest BCUT2D eigenvalue weighted by Gasteiger charge is 2.31. The van der Waals surface area contributed by atoms with Crippen molar-refractivity contribution >= 4 is 33.4 Å². The standard InChI is InChI=1S/C17H14BrFN2O2/c18-12-3-1-2-11(8-12)17(23)20-14-9-16(22)21(10-14)15-6-4-13(19)5-7-15/h1-8,14H,9-10H2,(H,20,23)/t14-/m1/s1. The Labute approximate surface area is 141 Å². The average Bonchev–Trinajstić information content (AvgIpc) is 2.88. The molecule has 1 fully saturated rings. The van der Waals surface area contributed by atoms with E-state index in [4.69, 9.17) is 0 Å². The highest BCUT2D eigenvalue weighted by Crippen LogP contribution is 2.22. The fourth-order valence-electron chi connectivity index (χ4n) is 2.57. The van der Waals surface area contributed by atoms with Crippen LogP contribution in [0.5, 0.6) is 0 Å². The SMILES string of the molecule is O=C(N[C@@H]1CC(=O)N(c2ccc(F)cc2)C1)c1cccc(Br)c1.